The SMILES string of the molecule is O=C(c1cc(F)cc([N+](=O)[O-])c1F)N1CC2CCC(C1)O2. The molecule has 2 bridgehead atoms. The number of carbonyl (C=O) groups excluding carboxylic acids is 1. The second-order valence-electron chi connectivity index (χ2n) is 5.21. The van der Waals surface area contributed by atoms with Gasteiger partial charge in [0.25, 0.3) is 5.91 Å². The van der Waals surface area contributed by atoms with Crippen LogP contribution in [-0.2, 0) is 4.74 Å². The monoisotopic (exact) mass is 298 g/mol. The quantitative estimate of drug-likeness (QED) is 0.617. The average molecular weight is 298 g/mol. The number of ether oxygens (including phenoxy) is 1. The molecule has 2 aliphatic rings. The molecule has 2 saturated heterocycles. The first-order valence-corrected chi connectivity index (χ1v) is 6.54. The number of hydrogen-bond acceptors (Lipinski definition) is 4. The molecule has 2 heterocycles. The number of hydrogen-bond donors (Lipinski definition) is 0. The maximum absolute atomic E-state index is 14.0. The molecule has 1 aromatic carbocycles. The van der Waals surface area contributed by atoms with Crippen LogP contribution in [-0.4, -0.2) is 41.0 Å². The first-order chi connectivity index (χ1) is 9.95. The lowest BCUT2D eigenvalue weighted by Gasteiger charge is -2.32. The molecule has 0 spiro atoms. The van der Waals surface area contributed by atoms with Gasteiger partial charge in [0.2, 0.25) is 5.82 Å². The van der Waals surface area contributed by atoms with Crippen molar-refractivity contribution >= 4 is 11.6 Å². The maximum atomic E-state index is 14.0. The third kappa shape index (κ3) is 2.46. The predicted molar refractivity (Wildman–Crippen MR) is 66.8 cm³/mol. The molecule has 1 aromatic rings. The standard InChI is InChI=1S/C13H12F2N2O4/c14-7-3-10(12(15)11(4-7)17(19)20)13(18)16-5-8-1-2-9(6-16)21-8/h3-4,8-9H,1-2,5-6H2. The molecule has 2 unspecified atom stereocenters. The molecule has 0 saturated carbocycles. The molecule has 6 nitrogen and oxygen atoms in total. The second kappa shape index (κ2) is 5.03. The Labute approximate surface area is 118 Å². The van der Waals surface area contributed by atoms with Gasteiger partial charge in [-0.2, -0.15) is 4.39 Å². The Bertz CT molecular complexity index is 610. The highest BCUT2D eigenvalue weighted by Gasteiger charge is 2.37. The normalized spacial score (nSPS) is 24.2. The second-order valence-corrected chi connectivity index (χ2v) is 5.21. The van der Waals surface area contributed by atoms with Crippen LogP contribution in [0.15, 0.2) is 12.1 Å². The molecule has 8 heteroatoms. The smallest absolute Gasteiger partial charge is 0.308 e. The summed E-state index contributed by atoms with van der Waals surface area (Å²) in [4.78, 5) is 23.3. The molecule has 2 aliphatic heterocycles. The van der Waals surface area contributed by atoms with E-state index >= 15 is 0 Å². The number of morpholine rings is 1. The molecule has 0 N–H and O–H groups in total. The summed E-state index contributed by atoms with van der Waals surface area (Å²) in [5.74, 6) is -3.05. The highest BCUT2D eigenvalue weighted by atomic mass is 19.1. The van der Waals surface area contributed by atoms with E-state index in [0.29, 0.717) is 25.2 Å². The van der Waals surface area contributed by atoms with Crippen molar-refractivity contribution in [3.05, 3.63) is 39.4 Å². The molecule has 3 rings (SSSR count). The molecule has 0 aromatic heterocycles. The van der Waals surface area contributed by atoms with E-state index in [-0.39, 0.29) is 12.2 Å². The summed E-state index contributed by atoms with van der Waals surface area (Å²) in [6.07, 6.45) is 1.44. The summed E-state index contributed by atoms with van der Waals surface area (Å²) in [6.45, 7) is 0.582. The fourth-order valence-electron chi connectivity index (χ4n) is 2.81. The van der Waals surface area contributed by atoms with Crippen molar-refractivity contribution < 1.29 is 23.2 Å². The molecule has 2 atom stereocenters. The van der Waals surface area contributed by atoms with Crippen molar-refractivity contribution in [2.24, 2.45) is 0 Å². The minimum Gasteiger partial charge on any atom is -0.371 e. The Morgan fingerprint density at radius 1 is 1.29 bits per heavy atom. The van der Waals surface area contributed by atoms with Crippen molar-refractivity contribution in [2.45, 2.75) is 25.0 Å². The summed E-state index contributed by atoms with van der Waals surface area (Å²) in [5.41, 5.74) is -1.64. The number of amides is 1. The Balaban J connectivity index is 1.93. The highest BCUT2D eigenvalue weighted by molar-refractivity contribution is 5.95. The van der Waals surface area contributed by atoms with E-state index in [1.165, 1.54) is 4.90 Å². The van der Waals surface area contributed by atoms with Gasteiger partial charge in [-0.05, 0) is 18.9 Å². The fourth-order valence-corrected chi connectivity index (χ4v) is 2.81. The van der Waals surface area contributed by atoms with E-state index in [1.807, 2.05) is 0 Å². The average Bonchev–Trinajstić information content (AvgIpc) is 2.78. The minimum absolute atomic E-state index is 0.0979. The molecule has 21 heavy (non-hydrogen) atoms. The fraction of sp³-hybridized carbons (Fsp3) is 0.462. The number of nitro benzene ring substituents is 1. The summed E-state index contributed by atoms with van der Waals surface area (Å²) in [7, 11) is 0. The van der Waals surface area contributed by atoms with Crippen molar-refractivity contribution in [1.29, 1.82) is 0 Å². The van der Waals surface area contributed by atoms with Gasteiger partial charge in [-0.25, -0.2) is 4.39 Å². The van der Waals surface area contributed by atoms with Crippen LogP contribution in [0.25, 0.3) is 0 Å². The van der Waals surface area contributed by atoms with Crippen molar-refractivity contribution in [1.82, 2.24) is 4.90 Å². The zero-order chi connectivity index (χ0) is 15.1. The number of nitrogens with zero attached hydrogens (tertiary/aromatic N) is 2. The molecule has 1 amide bonds. The number of rotatable bonds is 2. The molecule has 0 radical (unpaired) electrons. The number of halogens is 2. The zero-order valence-electron chi connectivity index (χ0n) is 10.9. The largest absolute Gasteiger partial charge is 0.371 e. The summed E-state index contributed by atoms with van der Waals surface area (Å²) in [5, 5.41) is 10.7. The lowest BCUT2D eigenvalue weighted by molar-refractivity contribution is -0.387. The number of nitro groups is 1. The van der Waals surface area contributed by atoms with Gasteiger partial charge in [-0.1, -0.05) is 0 Å². The minimum atomic E-state index is -1.30. The van der Waals surface area contributed by atoms with Crippen LogP contribution in [0.5, 0.6) is 0 Å². The van der Waals surface area contributed by atoms with Crippen LogP contribution < -0.4 is 0 Å². The molecule has 2 fully saturated rings. The van der Waals surface area contributed by atoms with Gasteiger partial charge in [0.05, 0.1) is 28.8 Å². The van der Waals surface area contributed by atoms with Crippen LogP contribution in [0.4, 0.5) is 14.5 Å². The van der Waals surface area contributed by atoms with Crippen molar-refractivity contribution in [2.75, 3.05) is 13.1 Å². The van der Waals surface area contributed by atoms with Crippen LogP contribution in [0.3, 0.4) is 0 Å². The first kappa shape index (κ1) is 13.9. The van der Waals surface area contributed by atoms with Gasteiger partial charge in [0.15, 0.2) is 0 Å². The molecular formula is C13H12F2N2O4. The summed E-state index contributed by atoms with van der Waals surface area (Å²) in [6, 6.07) is 1.16. The van der Waals surface area contributed by atoms with E-state index in [2.05, 4.69) is 0 Å². The predicted octanol–water partition coefficient (Wildman–Crippen LogP) is 1.88. The van der Waals surface area contributed by atoms with Crippen LogP contribution >= 0.6 is 0 Å². The third-order valence-corrected chi connectivity index (χ3v) is 3.78. The topological polar surface area (TPSA) is 72.7 Å². The summed E-state index contributed by atoms with van der Waals surface area (Å²) >= 11 is 0. The number of fused-ring (bicyclic) bond motifs is 2. The summed E-state index contributed by atoms with van der Waals surface area (Å²) < 4.78 is 33.0. The van der Waals surface area contributed by atoms with Crippen LogP contribution in [0.1, 0.15) is 23.2 Å². The van der Waals surface area contributed by atoms with E-state index in [1.54, 1.807) is 0 Å². The Morgan fingerprint density at radius 3 is 2.48 bits per heavy atom. The number of carbonyl (C=O) groups is 1. The van der Waals surface area contributed by atoms with Gasteiger partial charge >= 0.3 is 5.69 Å². The Kier molecular flexibility index (Phi) is 3.32. The van der Waals surface area contributed by atoms with E-state index in [0.717, 1.165) is 12.8 Å². The molecule has 0 aliphatic carbocycles. The van der Waals surface area contributed by atoms with Crippen molar-refractivity contribution in [3.63, 3.8) is 0 Å². The molecule has 112 valence electrons. The van der Waals surface area contributed by atoms with Crippen LogP contribution in [0, 0.1) is 21.7 Å². The lowest BCUT2D eigenvalue weighted by atomic mass is 10.1. The zero-order valence-corrected chi connectivity index (χ0v) is 10.9. The first-order valence-electron chi connectivity index (χ1n) is 6.54. The Hall–Kier alpha value is -2.09. The Morgan fingerprint density at radius 2 is 1.90 bits per heavy atom. The van der Waals surface area contributed by atoms with Crippen molar-refractivity contribution in [3.8, 4) is 0 Å². The highest BCUT2D eigenvalue weighted by Crippen LogP contribution is 2.29. The van der Waals surface area contributed by atoms with E-state index in [9.17, 15) is 23.7 Å². The van der Waals surface area contributed by atoms with Gasteiger partial charge < -0.3 is 9.64 Å². The van der Waals surface area contributed by atoms with Crippen LogP contribution in [0.2, 0.25) is 0 Å². The maximum Gasteiger partial charge on any atom is 0.308 e. The third-order valence-electron chi connectivity index (χ3n) is 3.78. The van der Waals surface area contributed by atoms with Gasteiger partial charge in [0.1, 0.15) is 5.82 Å². The molecular weight excluding hydrogens is 286 g/mol. The lowest BCUT2D eigenvalue weighted by Crippen LogP contribution is -2.46. The van der Waals surface area contributed by atoms with Gasteiger partial charge in [-0.15, -0.1) is 0 Å². The van der Waals surface area contributed by atoms with Gasteiger partial charge in [0, 0.05) is 13.1 Å². The van der Waals surface area contributed by atoms with E-state index < -0.39 is 33.7 Å². The van der Waals surface area contributed by atoms with Gasteiger partial charge in [-0.3, -0.25) is 14.9 Å². The number of benzene rings is 1. The van der Waals surface area contributed by atoms with E-state index in [4.69, 9.17) is 4.74 Å². The number of likely N-dealkylation sites (tertiary alicyclic amines) is 1.